The van der Waals surface area contributed by atoms with E-state index in [4.69, 9.17) is 16.6 Å². The maximum absolute atomic E-state index is 13.0. The van der Waals surface area contributed by atoms with Crippen molar-refractivity contribution in [2.24, 2.45) is 5.41 Å². The second-order valence-electron chi connectivity index (χ2n) is 9.20. The number of benzene rings is 1. The van der Waals surface area contributed by atoms with Crippen molar-refractivity contribution >= 4 is 28.4 Å². The maximum atomic E-state index is 13.0. The van der Waals surface area contributed by atoms with Gasteiger partial charge in [0.05, 0.1) is 16.4 Å². The molecule has 0 saturated heterocycles. The molecule has 29 heavy (non-hydrogen) atoms. The second kappa shape index (κ2) is 7.60. The minimum atomic E-state index is -4.38. The van der Waals surface area contributed by atoms with Crippen LogP contribution < -0.4 is 0 Å². The number of halogens is 4. The first kappa shape index (κ1) is 22.1. The molecule has 1 aliphatic carbocycles. The summed E-state index contributed by atoms with van der Waals surface area (Å²) in [4.78, 5) is 17.0. The van der Waals surface area contributed by atoms with Crippen molar-refractivity contribution < 1.29 is 18.0 Å². The summed E-state index contributed by atoms with van der Waals surface area (Å²) in [6.07, 6.45) is -0.449. The van der Waals surface area contributed by atoms with Crippen LogP contribution in [0.2, 0.25) is 5.02 Å². The molecule has 1 heterocycles. The minimum absolute atomic E-state index is 0.0260. The number of nitrogens with zero attached hydrogens (tertiary/aromatic N) is 2. The van der Waals surface area contributed by atoms with Gasteiger partial charge in [-0.05, 0) is 57.2 Å². The molecule has 7 heteroatoms. The molecule has 2 aromatic rings. The molecule has 0 bridgehead atoms. The smallest absolute Gasteiger partial charge is 0.322 e. The van der Waals surface area contributed by atoms with Gasteiger partial charge in [0, 0.05) is 29.8 Å². The first-order valence-corrected chi connectivity index (χ1v) is 10.5. The summed E-state index contributed by atoms with van der Waals surface area (Å²) in [6.45, 7) is 6.35. The highest BCUT2D eigenvalue weighted by atomic mass is 35.5. The molecule has 0 spiro atoms. The van der Waals surface area contributed by atoms with E-state index in [1.165, 1.54) is 0 Å². The molecule has 0 N–H and O–H groups in total. The van der Waals surface area contributed by atoms with Gasteiger partial charge in [-0.1, -0.05) is 25.4 Å². The van der Waals surface area contributed by atoms with Crippen LogP contribution in [0.5, 0.6) is 0 Å². The van der Waals surface area contributed by atoms with Gasteiger partial charge >= 0.3 is 6.18 Å². The third kappa shape index (κ3) is 4.18. The summed E-state index contributed by atoms with van der Waals surface area (Å²) in [7, 11) is 0. The number of aryl methyl sites for hydroxylation is 2. The molecule has 3 nitrogen and oxygen atoms in total. The van der Waals surface area contributed by atoms with E-state index < -0.39 is 18.0 Å². The number of hydrogen-bond donors (Lipinski definition) is 0. The molecule has 3 rings (SSSR count). The Morgan fingerprint density at radius 3 is 2.48 bits per heavy atom. The highest BCUT2D eigenvalue weighted by Gasteiger charge is 2.48. The highest BCUT2D eigenvalue weighted by molar-refractivity contribution is 6.32. The average Bonchev–Trinajstić information content (AvgIpc) is 2.94. The van der Waals surface area contributed by atoms with Gasteiger partial charge in [0.2, 0.25) is 0 Å². The third-order valence-corrected chi connectivity index (χ3v) is 6.72. The van der Waals surface area contributed by atoms with E-state index in [1.54, 1.807) is 0 Å². The predicted octanol–water partition coefficient (Wildman–Crippen LogP) is 6.77. The standard InChI is InChI=1S/C22H28ClF3N2O/c1-14-16(23)9-10-17-19(14)28(21(4)11-6-12-21)18(27-17)8-5-7-15(29)13-20(2,3)22(24,25)26/h9-10H,5-8,11-13H2,1-4H3. The summed E-state index contributed by atoms with van der Waals surface area (Å²) in [5, 5.41) is 0.692. The van der Waals surface area contributed by atoms with Gasteiger partial charge in [-0.2, -0.15) is 13.2 Å². The fourth-order valence-corrected chi connectivity index (χ4v) is 4.29. The van der Waals surface area contributed by atoms with Crippen molar-refractivity contribution in [3.8, 4) is 0 Å². The Morgan fingerprint density at radius 2 is 1.93 bits per heavy atom. The number of fused-ring (bicyclic) bond motifs is 1. The predicted molar refractivity (Wildman–Crippen MR) is 109 cm³/mol. The number of carbonyl (C=O) groups excluding carboxylic acids is 1. The molecule has 1 aliphatic rings. The highest BCUT2D eigenvalue weighted by Crippen LogP contribution is 2.43. The molecule has 0 amide bonds. The van der Waals surface area contributed by atoms with Crippen LogP contribution in [0.15, 0.2) is 12.1 Å². The van der Waals surface area contributed by atoms with Crippen molar-refractivity contribution in [2.75, 3.05) is 0 Å². The molecule has 1 saturated carbocycles. The van der Waals surface area contributed by atoms with Crippen LogP contribution in [-0.2, 0) is 16.8 Å². The fourth-order valence-electron chi connectivity index (χ4n) is 4.14. The second-order valence-corrected chi connectivity index (χ2v) is 9.61. The largest absolute Gasteiger partial charge is 0.394 e. The zero-order valence-electron chi connectivity index (χ0n) is 17.4. The summed E-state index contributed by atoms with van der Waals surface area (Å²) in [6, 6.07) is 3.75. The van der Waals surface area contributed by atoms with Gasteiger partial charge < -0.3 is 4.57 Å². The van der Waals surface area contributed by atoms with E-state index in [9.17, 15) is 18.0 Å². The van der Waals surface area contributed by atoms with E-state index in [1.807, 2.05) is 19.1 Å². The van der Waals surface area contributed by atoms with E-state index in [0.29, 0.717) is 17.9 Å². The van der Waals surface area contributed by atoms with Crippen LogP contribution in [0.1, 0.15) is 70.7 Å². The van der Waals surface area contributed by atoms with E-state index in [0.717, 1.165) is 55.5 Å². The van der Waals surface area contributed by atoms with Crippen LogP contribution in [0, 0.1) is 12.3 Å². The Bertz CT molecular complexity index is 926. The molecule has 1 fully saturated rings. The number of carbonyl (C=O) groups is 1. The lowest BCUT2D eigenvalue weighted by atomic mass is 9.78. The van der Waals surface area contributed by atoms with E-state index in [2.05, 4.69) is 11.5 Å². The topological polar surface area (TPSA) is 34.9 Å². The van der Waals surface area contributed by atoms with Crippen LogP contribution >= 0.6 is 11.6 Å². The van der Waals surface area contributed by atoms with Crippen molar-refractivity contribution in [2.45, 2.75) is 84.4 Å². The van der Waals surface area contributed by atoms with Crippen LogP contribution in [0.4, 0.5) is 13.2 Å². The normalized spacial score (nSPS) is 16.8. The Balaban J connectivity index is 1.78. The van der Waals surface area contributed by atoms with Crippen molar-refractivity contribution in [1.82, 2.24) is 9.55 Å². The Hall–Kier alpha value is -1.56. The first-order valence-electron chi connectivity index (χ1n) is 10.1. The van der Waals surface area contributed by atoms with Gasteiger partial charge in [-0.25, -0.2) is 4.98 Å². The SMILES string of the molecule is Cc1c(Cl)ccc2nc(CCCC(=O)CC(C)(C)C(F)(F)F)n(C3(C)CCC3)c12. The quantitative estimate of drug-likeness (QED) is 0.487. The van der Waals surface area contributed by atoms with Crippen LogP contribution in [0.25, 0.3) is 11.0 Å². The third-order valence-electron chi connectivity index (χ3n) is 6.31. The van der Waals surface area contributed by atoms with Gasteiger partial charge in [0.25, 0.3) is 0 Å². The lowest BCUT2D eigenvalue weighted by Crippen LogP contribution is -2.38. The van der Waals surface area contributed by atoms with Gasteiger partial charge in [-0.3, -0.25) is 4.79 Å². The number of ketones is 1. The summed E-state index contributed by atoms with van der Waals surface area (Å²) in [5.41, 5.74) is 0.865. The Morgan fingerprint density at radius 1 is 1.28 bits per heavy atom. The number of hydrogen-bond acceptors (Lipinski definition) is 2. The minimum Gasteiger partial charge on any atom is -0.322 e. The Labute approximate surface area is 174 Å². The number of Topliss-reactive ketones (excluding diaryl/α,β-unsaturated/α-hetero) is 1. The Kier molecular flexibility index (Phi) is 5.80. The molecule has 1 aromatic heterocycles. The molecule has 0 aliphatic heterocycles. The van der Waals surface area contributed by atoms with Crippen molar-refractivity contribution in [1.29, 1.82) is 0 Å². The fraction of sp³-hybridized carbons (Fsp3) is 0.636. The van der Waals surface area contributed by atoms with E-state index >= 15 is 0 Å². The van der Waals surface area contributed by atoms with Gasteiger partial charge in [0.15, 0.2) is 0 Å². The number of imidazole rings is 1. The zero-order chi connectivity index (χ0) is 21.6. The molecule has 1 aromatic carbocycles. The lowest BCUT2D eigenvalue weighted by Gasteiger charge is -2.41. The first-order chi connectivity index (χ1) is 13.4. The van der Waals surface area contributed by atoms with E-state index in [-0.39, 0.29) is 17.7 Å². The molecular formula is C22H28ClF3N2O. The maximum Gasteiger partial charge on any atom is 0.394 e. The van der Waals surface area contributed by atoms with Gasteiger partial charge in [0.1, 0.15) is 11.6 Å². The van der Waals surface area contributed by atoms with Crippen LogP contribution in [0.3, 0.4) is 0 Å². The lowest BCUT2D eigenvalue weighted by molar-refractivity contribution is -0.213. The summed E-state index contributed by atoms with van der Waals surface area (Å²) in [5.74, 6) is 0.527. The summed E-state index contributed by atoms with van der Waals surface area (Å²) < 4.78 is 41.3. The molecule has 0 atom stereocenters. The van der Waals surface area contributed by atoms with Crippen LogP contribution in [-0.4, -0.2) is 21.5 Å². The number of rotatable bonds is 7. The van der Waals surface area contributed by atoms with Gasteiger partial charge in [-0.15, -0.1) is 0 Å². The monoisotopic (exact) mass is 428 g/mol. The number of aromatic nitrogens is 2. The average molecular weight is 429 g/mol. The number of alkyl halides is 3. The van der Waals surface area contributed by atoms with Crippen molar-refractivity contribution in [3.63, 3.8) is 0 Å². The molecule has 160 valence electrons. The molecule has 0 radical (unpaired) electrons. The van der Waals surface area contributed by atoms with Crippen molar-refractivity contribution in [3.05, 3.63) is 28.5 Å². The summed E-state index contributed by atoms with van der Waals surface area (Å²) >= 11 is 6.35. The molecular weight excluding hydrogens is 401 g/mol. The molecule has 0 unspecified atom stereocenters. The zero-order valence-corrected chi connectivity index (χ0v) is 18.2.